The fourth-order valence-electron chi connectivity index (χ4n) is 9.74. The molecule has 6 aliphatic rings. The Morgan fingerprint density at radius 2 is 0.506 bits per heavy atom. The van der Waals surface area contributed by atoms with Crippen LogP contribution in [-0.2, 0) is 168 Å². The fourth-order valence-corrected chi connectivity index (χ4v) is 16.4. The summed E-state index contributed by atoms with van der Waals surface area (Å²) in [7, 11) is -23.5. The smallest absolute Gasteiger partial charge is 0.475 e. The first-order valence-electron chi connectivity index (χ1n) is 25.7. The van der Waals surface area contributed by atoms with E-state index in [1.165, 1.54) is 7.11 Å². The van der Waals surface area contributed by atoms with Crippen LogP contribution in [0.1, 0.15) is 61.2 Å². The van der Waals surface area contributed by atoms with Crippen molar-refractivity contribution >= 4 is 39.1 Å². The lowest BCUT2D eigenvalue weighted by Gasteiger charge is -2.49. The summed E-state index contributed by atoms with van der Waals surface area (Å²) in [4.78, 5) is 0. The quantitative estimate of drug-likeness (QED) is 0.0920. The molecular weight excluding hydrogens is 1160 g/mol. The van der Waals surface area contributed by atoms with Gasteiger partial charge in [0.25, 0.3) is 0 Å². The van der Waals surface area contributed by atoms with E-state index in [4.69, 9.17) is 77.3 Å². The Bertz CT molecular complexity index is 3180. The second kappa shape index (κ2) is 24.3. The normalized spacial score (nSPS) is 26.2. The maximum atomic E-state index is 15.6. The first kappa shape index (κ1) is 57.1. The van der Waals surface area contributed by atoms with Crippen molar-refractivity contribution < 1.29 is 100 Å². The first-order valence-corrected chi connectivity index (χ1v) is 33.0. The van der Waals surface area contributed by atoms with Crippen molar-refractivity contribution in [2.75, 3.05) is 7.11 Å². The summed E-state index contributed by atoms with van der Waals surface area (Å²) >= 11 is 0. The van der Waals surface area contributed by atoms with E-state index in [-0.39, 0.29) is 72.7 Å². The summed E-state index contributed by atoms with van der Waals surface area (Å²) in [5, 5.41) is 0. The summed E-state index contributed by atoms with van der Waals surface area (Å²) in [5.74, 6) is 0.510. The molecule has 0 saturated heterocycles. The maximum Gasteiger partial charge on any atom is 0.475 e. The van der Waals surface area contributed by atoms with E-state index >= 15 is 22.8 Å². The van der Waals surface area contributed by atoms with E-state index in [1.807, 2.05) is 0 Å². The molecule has 428 valence electrons. The van der Waals surface area contributed by atoms with Gasteiger partial charge in [-0.05, 0) is 73.3 Å². The van der Waals surface area contributed by atoms with Crippen molar-refractivity contribution in [1.82, 2.24) is 0 Å². The lowest BCUT2D eigenvalue weighted by atomic mass is 9.85. The van der Waals surface area contributed by atoms with Crippen LogP contribution in [0.25, 0.3) is 0 Å². The molecule has 12 rings (SSSR count). The molecule has 2 unspecified atom stereocenters. The molecule has 0 N–H and O–H groups in total. The second-order valence-electron chi connectivity index (χ2n) is 19.3. The largest absolute Gasteiger partial charge is 0.497 e. The van der Waals surface area contributed by atoms with Crippen molar-refractivity contribution in [3.05, 3.63) is 207 Å². The van der Waals surface area contributed by atoms with Crippen LogP contribution in [0, 0.1) is 0 Å². The molecule has 6 aromatic carbocycles. The molecule has 5 heterocycles. The minimum absolute atomic E-state index is 0.299. The average molecular weight is 1210 g/mol. The number of phosphoric acid groups is 5. The number of benzene rings is 6. The highest BCUT2D eigenvalue weighted by Crippen LogP contribution is 2.66. The summed E-state index contributed by atoms with van der Waals surface area (Å²) in [6, 6.07) is 41.8. The van der Waals surface area contributed by atoms with Gasteiger partial charge in [0.1, 0.15) is 42.4 Å². The zero-order valence-corrected chi connectivity index (χ0v) is 47.8. The number of fused-ring (bicyclic) bond motifs is 5. The van der Waals surface area contributed by atoms with Gasteiger partial charge in [-0.25, -0.2) is 22.8 Å². The van der Waals surface area contributed by atoms with Crippen LogP contribution in [0.4, 0.5) is 0 Å². The Kier molecular flexibility index (Phi) is 17.1. The number of ether oxygens (including phenoxy) is 2. The molecule has 6 atom stereocenters. The number of hydrogen-bond donors (Lipinski definition) is 0. The lowest BCUT2D eigenvalue weighted by molar-refractivity contribution is -0.225. The van der Waals surface area contributed by atoms with Crippen molar-refractivity contribution in [3.63, 3.8) is 0 Å². The molecule has 1 fully saturated rings. The van der Waals surface area contributed by atoms with Crippen LogP contribution in [-0.4, -0.2) is 43.7 Å². The van der Waals surface area contributed by atoms with Gasteiger partial charge in [0.2, 0.25) is 0 Å². The molecule has 5 aliphatic heterocycles. The highest BCUT2D eigenvalue weighted by molar-refractivity contribution is 7.49. The van der Waals surface area contributed by atoms with E-state index in [0.29, 0.717) is 66.9 Å². The van der Waals surface area contributed by atoms with Gasteiger partial charge in [0.15, 0.2) is 0 Å². The molecule has 1 saturated carbocycles. The number of methoxy groups -OCH3 is 1. The van der Waals surface area contributed by atoms with Crippen LogP contribution in [0.2, 0.25) is 0 Å². The van der Waals surface area contributed by atoms with Crippen LogP contribution in [0.15, 0.2) is 146 Å². The maximum absolute atomic E-state index is 15.6. The Labute approximate surface area is 466 Å². The molecular formula is C54H55O22P5. The third-order valence-electron chi connectivity index (χ3n) is 14.2. The van der Waals surface area contributed by atoms with Crippen molar-refractivity contribution in [2.24, 2.45) is 0 Å². The van der Waals surface area contributed by atoms with Gasteiger partial charge in [0.05, 0.1) is 79.8 Å². The molecule has 0 radical (unpaired) electrons. The monoisotopic (exact) mass is 1210 g/mol. The van der Waals surface area contributed by atoms with Crippen LogP contribution in [0.3, 0.4) is 0 Å². The van der Waals surface area contributed by atoms with E-state index in [9.17, 15) is 0 Å². The molecule has 0 amide bonds. The predicted molar refractivity (Wildman–Crippen MR) is 284 cm³/mol. The third-order valence-corrected chi connectivity index (χ3v) is 21.1. The first-order chi connectivity index (χ1) is 39.2. The minimum Gasteiger partial charge on any atom is -0.497 e. The Balaban J connectivity index is 1.03. The van der Waals surface area contributed by atoms with Crippen molar-refractivity contribution in [3.8, 4) is 5.75 Å². The predicted octanol–water partition coefficient (Wildman–Crippen LogP) is 12.8. The third kappa shape index (κ3) is 13.1. The highest BCUT2D eigenvalue weighted by Gasteiger charge is 2.64. The van der Waals surface area contributed by atoms with Crippen LogP contribution >= 0.6 is 39.1 Å². The van der Waals surface area contributed by atoms with Crippen molar-refractivity contribution in [2.45, 2.75) is 109 Å². The zero-order chi connectivity index (χ0) is 55.7. The van der Waals surface area contributed by atoms with E-state index in [0.717, 1.165) is 0 Å². The van der Waals surface area contributed by atoms with E-state index in [2.05, 4.69) is 0 Å². The Morgan fingerprint density at radius 1 is 0.309 bits per heavy atom. The van der Waals surface area contributed by atoms with Gasteiger partial charge in [0, 0.05) is 0 Å². The Hall–Kier alpha value is -4.37. The zero-order valence-electron chi connectivity index (χ0n) is 43.3. The second-order valence-corrected chi connectivity index (χ2v) is 27.4. The number of hydrogen-bond acceptors (Lipinski definition) is 22. The number of rotatable bonds is 14. The standard InChI is InChI=1S/C54H55O22P5/c1-60-48-24-22-37(23-25-48)26-61-49-50(72-77(55)62-27-38-12-2-3-13-39(38)28-63-77)52(74-79(57)66-31-42-16-6-7-17-43(42)32-67-79)54(76-81(59)70-35-46-20-10-11-21-47(46)36-71-81)53(75-80(58)68-33-44-18-8-9-19-45(44)34-69-80)51(49)73-78(56)64-29-40-14-4-5-15-41(40)30-65-78/h2-25,49-54H,26-36H2,1H3/t49?,50-,51+,52+,53-,54?. The van der Waals surface area contributed by atoms with Crippen LogP contribution < -0.4 is 4.74 Å². The van der Waals surface area contributed by atoms with Crippen molar-refractivity contribution in [1.29, 1.82) is 0 Å². The summed E-state index contributed by atoms with van der Waals surface area (Å²) in [6.45, 7) is -3.48. The molecule has 22 nitrogen and oxygen atoms in total. The molecule has 6 aromatic rings. The summed E-state index contributed by atoms with van der Waals surface area (Å²) in [5.41, 5.74) is 6.54. The SMILES string of the molecule is COc1ccc(COC2[C@@H](OP3(=O)OCc4ccccc4CO3)[C@H](OP3(=O)OCc4ccccc4CO3)C(OP3(=O)OCc4ccccc4CO3)[C@H](OP3(=O)OCc4ccccc4CO3)[C@H]2OP2(=O)OCc3ccccc3CO2)cc1. The van der Waals surface area contributed by atoms with Gasteiger partial charge >= 0.3 is 39.1 Å². The van der Waals surface area contributed by atoms with Gasteiger partial charge in [-0.3, -0.25) is 67.9 Å². The minimum atomic E-state index is -5.03. The fraction of sp³-hybridized carbons (Fsp3) is 0.333. The molecule has 27 heteroatoms. The molecule has 0 spiro atoms. The molecule has 1 aliphatic carbocycles. The van der Waals surface area contributed by atoms with E-state index in [1.54, 1.807) is 146 Å². The van der Waals surface area contributed by atoms with E-state index < -0.39 is 75.7 Å². The molecule has 0 aromatic heterocycles. The lowest BCUT2D eigenvalue weighted by Crippen LogP contribution is -2.66. The summed E-state index contributed by atoms with van der Waals surface area (Å²) in [6.07, 6.45) is -12.7. The molecule has 81 heavy (non-hydrogen) atoms. The molecule has 0 bridgehead atoms. The highest BCUT2D eigenvalue weighted by atomic mass is 31.2. The van der Waals surface area contributed by atoms with Gasteiger partial charge < -0.3 is 9.47 Å². The van der Waals surface area contributed by atoms with Gasteiger partial charge in [-0.1, -0.05) is 133 Å². The van der Waals surface area contributed by atoms with Gasteiger partial charge in [-0.2, -0.15) is 0 Å². The topological polar surface area (TPSA) is 242 Å². The average Bonchev–Trinajstić information content (AvgIpc) is 4.04. The summed E-state index contributed by atoms with van der Waals surface area (Å²) < 4.78 is 184. The number of phosphoric ester groups is 5. The van der Waals surface area contributed by atoms with Crippen LogP contribution in [0.5, 0.6) is 5.75 Å². The Morgan fingerprint density at radius 3 is 0.704 bits per heavy atom. The van der Waals surface area contributed by atoms with Gasteiger partial charge in [-0.15, -0.1) is 0 Å².